The number of nitrogens with zero attached hydrogens (tertiary/aromatic N) is 1. The van der Waals surface area contributed by atoms with Gasteiger partial charge in [0, 0.05) is 12.7 Å². The number of carbonyl (C=O) groups is 2. The Hall–Kier alpha value is -2.13. The third kappa shape index (κ3) is 5.95. The van der Waals surface area contributed by atoms with E-state index in [1.165, 1.54) is 32.2 Å². The zero-order chi connectivity index (χ0) is 22.5. The third-order valence-corrected chi connectivity index (χ3v) is 6.81. The molecular weight excluding hydrogens is 449 g/mol. The monoisotopic (exact) mass is 471 g/mol. The summed E-state index contributed by atoms with van der Waals surface area (Å²) in [7, 11) is -2.73. The molecule has 2 N–H and O–H groups in total. The Bertz CT molecular complexity index is 1020. The number of anilines is 1. The van der Waals surface area contributed by atoms with Gasteiger partial charge in [0.15, 0.2) is 0 Å². The maximum atomic E-state index is 12.6. The smallest absolute Gasteiger partial charge is 0.244 e. The van der Waals surface area contributed by atoms with E-state index < -0.39 is 27.9 Å². The fourth-order valence-electron chi connectivity index (χ4n) is 2.85. The van der Waals surface area contributed by atoms with Gasteiger partial charge in [-0.25, -0.2) is 8.42 Å². The second-order valence-electron chi connectivity index (χ2n) is 6.65. The van der Waals surface area contributed by atoms with Crippen LogP contribution in [0.5, 0.6) is 0 Å². The predicted molar refractivity (Wildman–Crippen MR) is 118 cm³/mol. The van der Waals surface area contributed by atoms with Crippen molar-refractivity contribution < 1.29 is 18.0 Å². The van der Waals surface area contributed by atoms with E-state index in [4.69, 9.17) is 23.2 Å². The van der Waals surface area contributed by atoms with Gasteiger partial charge < -0.3 is 10.2 Å². The van der Waals surface area contributed by atoms with Crippen LogP contribution >= 0.6 is 23.2 Å². The minimum atomic E-state index is -4.15. The third-order valence-electron chi connectivity index (χ3n) is 4.32. The molecule has 2 amide bonds. The van der Waals surface area contributed by atoms with Crippen LogP contribution < -0.4 is 10.0 Å². The molecule has 0 radical (unpaired) electrons. The van der Waals surface area contributed by atoms with Crippen LogP contribution in [0.2, 0.25) is 10.0 Å². The number of aryl methyl sites for hydroxylation is 1. The molecule has 0 aromatic heterocycles. The minimum absolute atomic E-state index is 0.0584. The molecule has 0 aliphatic heterocycles. The maximum absolute atomic E-state index is 12.6. The van der Waals surface area contributed by atoms with Crippen LogP contribution in [0.15, 0.2) is 47.4 Å². The number of hydrogen-bond acceptors (Lipinski definition) is 4. The number of rotatable bonds is 8. The van der Waals surface area contributed by atoms with Crippen molar-refractivity contribution in [2.45, 2.75) is 31.2 Å². The number of amides is 2. The van der Waals surface area contributed by atoms with Gasteiger partial charge in [0.05, 0.1) is 22.6 Å². The molecule has 0 saturated heterocycles. The molecule has 0 bridgehead atoms. The van der Waals surface area contributed by atoms with Gasteiger partial charge in [-0.2, -0.15) is 4.72 Å². The molecule has 2 rings (SSSR count). The highest BCUT2D eigenvalue weighted by molar-refractivity contribution is 7.89. The molecular formula is C20H23Cl2N3O4S. The van der Waals surface area contributed by atoms with E-state index in [1.807, 2.05) is 19.1 Å². The first kappa shape index (κ1) is 24.1. The number of nitrogens with one attached hydrogen (secondary N) is 2. The van der Waals surface area contributed by atoms with Crippen molar-refractivity contribution in [2.24, 2.45) is 0 Å². The van der Waals surface area contributed by atoms with E-state index in [2.05, 4.69) is 10.0 Å². The molecule has 30 heavy (non-hydrogen) atoms. The average molecular weight is 472 g/mol. The van der Waals surface area contributed by atoms with Gasteiger partial charge in [0.1, 0.15) is 4.90 Å². The lowest BCUT2D eigenvalue weighted by atomic mass is 10.1. The van der Waals surface area contributed by atoms with Gasteiger partial charge in [-0.3, -0.25) is 9.59 Å². The second-order valence-corrected chi connectivity index (χ2v) is 9.11. The van der Waals surface area contributed by atoms with Crippen molar-refractivity contribution in [3.8, 4) is 0 Å². The van der Waals surface area contributed by atoms with Crippen molar-refractivity contribution in [3.63, 3.8) is 0 Å². The summed E-state index contributed by atoms with van der Waals surface area (Å²) in [5.41, 5.74) is 1.64. The number of hydrogen-bond donors (Lipinski definition) is 2. The first-order valence-electron chi connectivity index (χ1n) is 9.16. The van der Waals surface area contributed by atoms with Crippen molar-refractivity contribution in [2.75, 3.05) is 18.9 Å². The standard InChI is InChI=1S/C20H23Cl2N3O4S/c1-4-14-8-5-6-11-17(14)23-18(26)12-25(3)20(27)13(2)24-30(28,29)19-15(21)9-7-10-16(19)22/h5-11,13,24H,4,12H2,1-3H3,(H,23,26)/t13-/m1/s1. The zero-order valence-corrected chi connectivity index (χ0v) is 19.1. The first-order chi connectivity index (χ1) is 14.1. The molecule has 1 atom stereocenters. The predicted octanol–water partition coefficient (Wildman–Crippen LogP) is 3.32. The van der Waals surface area contributed by atoms with Gasteiger partial charge in [-0.05, 0) is 37.1 Å². The topological polar surface area (TPSA) is 95.6 Å². The Balaban J connectivity index is 2.04. The number of carbonyl (C=O) groups excluding carboxylic acids is 2. The summed E-state index contributed by atoms with van der Waals surface area (Å²) in [5, 5.41) is 2.65. The summed E-state index contributed by atoms with van der Waals surface area (Å²) in [6, 6.07) is 10.5. The normalized spacial score (nSPS) is 12.3. The SMILES string of the molecule is CCc1ccccc1NC(=O)CN(C)C(=O)[C@@H](C)NS(=O)(=O)c1c(Cl)cccc1Cl. The molecule has 7 nitrogen and oxygen atoms in total. The number of likely N-dealkylation sites (N-methyl/N-ethyl adjacent to an activating group) is 1. The lowest BCUT2D eigenvalue weighted by Crippen LogP contribution is -2.47. The Morgan fingerprint density at radius 3 is 2.27 bits per heavy atom. The highest BCUT2D eigenvalue weighted by Gasteiger charge is 2.28. The average Bonchev–Trinajstić information content (AvgIpc) is 2.66. The summed E-state index contributed by atoms with van der Waals surface area (Å²) < 4.78 is 27.5. The van der Waals surface area contributed by atoms with E-state index in [-0.39, 0.29) is 21.5 Å². The Labute approximate surface area is 186 Å². The first-order valence-corrected chi connectivity index (χ1v) is 11.4. The van der Waals surface area contributed by atoms with E-state index in [0.717, 1.165) is 16.9 Å². The highest BCUT2D eigenvalue weighted by Crippen LogP contribution is 2.29. The molecule has 0 unspecified atom stereocenters. The van der Waals surface area contributed by atoms with Crippen LogP contribution in [0.1, 0.15) is 19.4 Å². The summed E-state index contributed by atoms with van der Waals surface area (Å²) in [5.74, 6) is -0.975. The van der Waals surface area contributed by atoms with Crippen molar-refractivity contribution in [1.82, 2.24) is 9.62 Å². The number of para-hydroxylation sites is 1. The molecule has 2 aromatic carbocycles. The van der Waals surface area contributed by atoms with Crippen LogP contribution in [0, 0.1) is 0 Å². The van der Waals surface area contributed by atoms with Crippen molar-refractivity contribution in [1.29, 1.82) is 0 Å². The summed E-state index contributed by atoms with van der Waals surface area (Å²) >= 11 is 11.9. The summed E-state index contributed by atoms with van der Waals surface area (Å²) in [6.45, 7) is 3.11. The van der Waals surface area contributed by atoms with Gasteiger partial charge in [-0.15, -0.1) is 0 Å². The van der Waals surface area contributed by atoms with Gasteiger partial charge in [-0.1, -0.05) is 54.4 Å². The largest absolute Gasteiger partial charge is 0.335 e. The van der Waals surface area contributed by atoms with E-state index in [0.29, 0.717) is 5.69 Å². The highest BCUT2D eigenvalue weighted by atomic mass is 35.5. The zero-order valence-electron chi connectivity index (χ0n) is 16.8. The van der Waals surface area contributed by atoms with Gasteiger partial charge >= 0.3 is 0 Å². The quantitative estimate of drug-likeness (QED) is 0.616. The maximum Gasteiger partial charge on any atom is 0.244 e. The number of sulfonamides is 1. The number of halogens is 2. The van der Waals surface area contributed by atoms with Gasteiger partial charge in [0.2, 0.25) is 21.8 Å². The van der Waals surface area contributed by atoms with Crippen molar-refractivity contribution in [3.05, 3.63) is 58.1 Å². The molecule has 0 saturated carbocycles. The lowest BCUT2D eigenvalue weighted by molar-refractivity contribution is -0.134. The van der Waals surface area contributed by atoms with Crippen LogP contribution in [0.3, 0.4) is 0 Å². The summed E-state index contributed by atoms with van der Waals surface area (Å²) in [4.78, 5) is 25.8. The molecule has 0 aliphatic rings. The lowest BCUT2D eigenvalue weighted by Gasteiger charge is -2.22. The molecule has 0 spiro atoms. The van der Waals surface area contributed by atoms with E-state index in [1.54, 1.807) is 12.1 Å². The van der Waals surface area contributed by atoms with E-state index in [9.17, 15) is 18.0 Å². The molecule has 2 aromatic rings. The van der Waals surface area contributed by atoms with Crippen LogP contribution in [0.25, 0.3) is 0 Å². The van der Waals surface area contributed by atoms with Crippen LogP contribution in [-0.2, 0) is 26.0 Å². The minimum Gasteiger partial charge on any atom is -0.335 e. The van der Waals surface area contributed by atoms with Crippen LogP contribution in [0.4, 0.5) is 5.69 Å². The van der Waals surface area contributed by atoms with Gasteiger partial charge in [0.25, 0.3) is 0 Å². The Kier molecular flexibility index (Phi) is 8.25. The fourth-order valence-corrected chi connectivity index (χ4v) is 5.19. The molecule has 0 fully saturated rings. The molecule has 0 heterocycles. The van der Waals surface area contributed by atoms with Crippen molar-refractivity contribution >= 4 is 50.7 Å². The number of benzene rings is 2. The summed E-state index contributed by atoms with van der Waals surface area (Å²) in [6.07, 6.45) is 0.745. The Morgan fingerprint density at radius 2 is 1.67 bits per heavy atom. The molecule has 0 aliphatic carbocycles. The molecule has 10 heteroatoms. The van der Waals surface area contributed by atoms with Crippen LogP contribution in [-0.4, -0.2) is 44.8 Å². The molecule has 162 valence electrons. The second kappa shape index (κ2) is 10.3. The Morgan fingerprint density at radius 1 is 1.07 bits per heavy atom. The fraction of sp³-hybridized carbons (Fsp3) is 0.300. The van der Waals surface area contributed by atoms with E-state index >= 15 is 0 Å².